The van der Waals surface area contributed by atoms with E-state index < -0.39 is 26.2 Å². The molecule has 6 heteroatoms. The van der Waals surface area contributed by atoms with E-state index in [1.165, 1.54) is 12.3 Å². The third kappa shape index (κ3) is 4.48. The molecule has 3 nitrogen and oxygen atoms in total. The third-order valence-corrected chi connectivity index (χ3v) is 6.06. The second kappa shape index (κ2) is 6.83. The van der Waals surface area contributed by atoms with Crippen molar-refractivity contribution in [2.45, 2.75) is 44.4 Å². The number of sulfone groups is 1. The molecule has 0 saturated heterocycles. The molecule has 1 N–H and O–H groups in total. The maximum absolute atomic E-state index is 13.3. The summed E-state index contributed by atoms with van der Waals surface area (Å²) in [6.07, 6.45) is 2.37. The monoisotopic (exact) mass is 319 g/mol. The fourth-order valence-corrected chi connectivity index (χ4v) is 2.73. The van der Waals surface area contributed by atoms with Gasteiger partial charge < -0.3 is 5.32 Å². The zero-order valence-corrected chi connectivity index (χ0v) is 13.7. The van der Waals surface area contributed by atoms with Gasteiger partial charge in [0.2, 0.25) is 0 Å². The van der Waals surface area contributed by atoms with Gasteiger partial charge in [-0.25, -0.2) is 17.2 Å². The number of rotatable bonds is 7. The standard InChI is InChI=1S/C15H23F2NO2S/c1-5-8-18-14(15(2,3)21(4,19)20)10-11-6-7-12(16)13(17)9-11/h6-7,9,14,18H,5,8,10H2,1-4H3. The van der Waals surface area contributed by atoms with Crippen LogP contribution in [0.3, 0.4) is 0 Å². The van der Waals surface area contributed by atoms with Crippen molar-refractivity contribution in [3.05, 3.63) is 35.4 Å². The van der Waals surface area contributed by atoms with Crippen molar-refractivity contribution in [1.29, 1.82) is 0 Å². The molecular weight excluding hydrogens is 296 g/mol. The third-order valence-electron chi connectivity index (χ3n) is 3.86. The summed E-state index contributed by atoms with van der Waals surface area (Å²) in [5.74, 6) is -1.82. The molecule has 0 amide bonds. The summed E-state index contributed by atoms with van der Waals surface area (Å²) in [5, 5.41) is 3.20. The van der Waals surface area contributed by atoms with Crippen molar-refractivity contribution in [2.24, 2.45) is 0 Å². The average Bonchev–Trinajstić information content (AvgIpc) is 2.37. The molecular formula is C15H23F2NO2S. The summed E-state index contributed by atoms with van der Waals surface area (Å²) in [6.45, 7) is 5.94. The van der Waals surface area contributed by atoms with Crippen molar-refractivity contribution in [3.63, 3.8) is 0 Å². The Hall–Kier alpha value is -1.01. The molecule has 0 aliphatic rings. The topological polar surface area (TPSA) is 46.2 Å². The fraction of sp³-hybridized carbons (Fsp3) is 0.600. The van der Waals surface area contributed by atoms with Crippen LogP contribution in [0.15, 0.2) is 18.2 Å². The number of halogens is 2. The van der Waals surface area contributed by atoms with Crippen LogP contribution >= 0.6 is 0 Å². The maximum atomic E-state index is 13.3. The fourth-order valence-electron chi connectivity index (χ4n) is 2.04. The lowest BCUT2D eigenvalue weighted by atomic mass is 9.95. The molecule has 1 rings (SSSR count). The Labute approximate surface area is 125 Å². The van der Waals surface area contributed by atoms with Crippen LogP contribution in [0.2, 0.25) is 0 Å². The normalized spacial score (nSPS) is 14.2. The van der Waals surface area contributed by atoms with Crippen molar-refractivity contribution in [3.8, 4) is 0 Å². The van der Waals surface area contributed by atoms with Gasteiger partial charge in [0.1, 0.15) is 0 Å². The summed E-state index contributed by atoms with van der Waals surface area (Å²) >= 11 is 0. The lowest BCUT2D eigenvalue weighted by Gasteiger charge is -2.33. The van der Waals surface area contributed by atoms with E-state index in [0.29, 0.717) is 18.5 Å². The smallest absolute Gasteiger partial charge is 0.159 e. The Balaban J connectivity index is 3.05. The summed E-state index contributed by atoms with van der Waals surface area (Å²) in [6, 6.07) is 3.29. The van der Waals surface area contributed by atoms with Gasteiger partial charge in [0.05, 0.1) is 4.75 Å². The second-order valence-electron chi connectivity index (χ2n) is 5.83. The van der Waals surface area contributed by atoms with Gasteiger partial charge in [-0.2, -0.15) is 0 Å². The van der Waals surface area contributed by atoms with Crippen LogP contribution in [0, 0.1) is 11.6 Å². The Morgan fingerprint density at radius 1 is 1.24 bits per heavy atom. The molecule has 1 unspecified atom stereocenters. The van der Waals surface area contributed by atoms with Gasteiger partial charge in [-0.3, -0.25) is 0 Å². The van der Waals surface area contributed by atoms with Crippen LogP contribution in [0.1, 0.15) is 32.8 Å². The number of benzene rings is 1. The first-order chi connectivity index (χ1) is 9.59. The van der Waals surface area contributed by atoms with Crippen molar-refractivity contribution in [2.75, 3.05) is 12.8 Å². The zero-order chi connectivity index (χ0) is 16.3. The predicted octanol–water partition coefficient (Wildman–Crippen LogP) is 2.70. The number of hydrogen-bond donors (Lipinski definition) is 1. The van der Waals surface area contributed by atoms with Crippen LogP contribution in [0.5, 0.6) is 0 Å². The van der Waals surface area contributed by atoms with E-state index in [2.05, 4.69) is 5.32 Å². The molecule has 1 aromatic rings. The minimum atomic E-state index is -3.30. The lowest BCUT2D eigenvalue weighted by molar-refractivity contribution is 0.405. The first-order valence-corrected chi connectivity index (χ1v) is 8.85. The highest BCUT2D eigenvalue weighted by molar-refractivity contribution is 7.92. The van der Waals surface area contributed by atoms with Gasteiger partial charge in [0, 0.05) is 12.3 Å². The molecule has 0 saturated carbocycles. The Kier molecular flexibility index (Phi) is 5.87. The van der Waals surface area contributed by atoms with Crippen LogP contribution < -0.4 is 5.32 Å². The van der Waals surface area contributed by atoms with Crippen LogP contribution in [-0.2, 0) is 16.3 Å². The second-order valence-corrected chi connectivity index (χ2v) is 8.43. The molecule has 0 aromatic heterocycles. The first-order valence-electron chi connectivity index (χ1n) is 6.96. The molecule has 120 valence electrons. The lowest BCUT2D eigenvalue weighted by Crippen LogP contribution is -2.52. The van der Waals surface area contributed by atoms with Crippen molar-refractivity contribution in [1.82, 2.24) is 5.32 Å². The molecule has 0 heterocycles. The SMILES string of the molecule is CCCNC(Cc1ccc(F)c(F)c1)C(C)(C)S(C)(=O)=O. The van der Waals surface area contributed by atoms with E-state index in [9.17, 15) is 17.2 Å². The average molecular weight is 319 g/mol. The highest BCUT2D eigenvalue weighted by Crippen LogP contribution is 2.24. The summed E-state index contributed by atoms with van der Waals surface area (Å²) in [4.78, 5) is 0. The molecule has 0 bridgehead atoms. The minimum absolute atomic E-state index is 0.317. The van der Waals surface area contributed by atoms with E-state index in [1.54, 1.807) is 13.8 Å². The van der Waals surface area contributed by atoms with Crippen molar-refractivity contribution < 1.29 is 17.2 Å². The van der Waals surface area contributed by atoms with Gasteiger partial charge in [-0.1, -0.05) is 13.0 Å². The van der Waals surface area contributed by atoms with E-state index in [1.807, 2.05) is 6.92 Å². The number of nitrogens with one attached hydrogen (secondary N) is 1. The van der Waals surface area contributed by atoms with Crippen LogP contribution in [0.25, 0.3) is 0 Å². The molecule has 0 spiro atoms. The van der Waals surface area contributed by atoms with Crippen LogP contribution in [-0.4, -0.2) is 32.0 Å². The maximum Gasteiger partial charge on any atom is 0.159 e. The molecule has 1 aromatic carbocycles. The van der Waals surface area contributed by atoms with Crippen molar-refractivity contribution >= 4 is 9.84 Å². The summed E-state index contributed by atoms with van der Waals surface area (Å²) < 4.78 is 49.3. The molecule has 0 fully saturated rings. The molecule has 21 heavy (non-hydrogen) atoms. The first kappa shape index (κ1) is 18.0. The van der Waals surface area contributed by atoms with Gasteiger partial charge >= 0.3 is 0 Å². The Morgan fingerprint density at radius 2 is 1.86 bits per heavy atom. The summed E-state index contributed by atoms with van der Waals surface area (Å²) in [7, 11) is -3.30. The Morgan fingerprint density at radius 3 is 2.33 bits per heavy atom. The van der Waals surface area contributed by atoms with Gasteiger partial charge in [0.15, 0.2) is 21.5 Å². The molecule has 0 aliphatic carbocycles. The van der Waals surface area contributed by atoms with Gasteiger partial charge in [-0.15, -0.1) is 0 Å². The highest BCUT2D eigenvalue weighted by Gasteiger charge is 2.38. The van der Waals surface area contributed by atoms with E-state index in [0.717, 1.165) is 18.6 Å². The summed E-state index contributed by atoms with van der Waals surface area (Å²) in [5.41, 5.74) is 0.569. The minimum Gasteiger partial charge on any atom is -0.312 e. The van der Waals surface area contributed by atoms with E-state index >= 15 is 0 Å². The molecule has 0 radical (unpaired) electrons. The van der Waals surface area contributed by atoms with E-state index in [-0.39, 0.29) is 6.04 Å². The largest absolute Gasteiger partial charge is 0.312 e. The number of hydrogen-bond acceptors (Lipinski definition) is 3. The van der Waals surface area contributed by atoms with Gasteiger partial charge in [0.25, 0.3) is 0 Å². The molecule has 1 atom stereocenters. The van der Waals surface area contributed by atoms with E-state index in [4.69, 9.17) is 0 Å². The quantitative estimate of drug-likeness (QED) is 0.840. The zero-order valence-electron chi connectivity index (χ0n) is 12.9. The van der Waals surface area contributed by atoms with Crippen LogP contribution in [0.4, 0.5) is 8.78 Å². The molecule has 0 aliphatic heterocycles. The highest BCUT2D eigenvalue weighted by atomic mass is 32.2. The van der Waals surface area contributed by atoms with Gasteiger partial charge in [-0.05, 0) is 50.9 Å². The predicted molar refractivity (Wildman–Crippen MR) is 81.1 cm³/mol. The Bertz CT molecular complexity index is 585.